The maximum Gasteiger partial charge on any atom is 0.177 e. The van der Waals surface area contributed by atoms with Gasteiger partial charge in [-0.25, -0.2) is 0 Å². The van der Waals surface area contributed by atoms with Crippen LogP contribution in [0.1, 0.15) is 12.5 Å². The summed E-state index contributed by atoms with van der Waals surface area (Å²) in [7, 11) is 0. The number of hydrogen-bond donors (Lipinski definition) is 1. The van der Waals surface area contributed by atoms with Gasteiger partial charge in [0.1, 0.15) is 0 Å². The Morgan fingerprint density at radius 2 is 2.64 bits per heavy atom. The van der Waals surface area contributed by atoms with Gasteiger partial charge >= 0.3 is 0 Å². The molecule has 0 radical (unpaired) electrons. The Balaban J connectivity index is 2.28. The Bertz CT molecular complexity index is 285. The summed E-state index contributed by atoms with van der Waals surface area (Å²) >= 11 is 5.07. The van der Waals surface area contributed by atoms with Crippen molar-refractivity contribution in [1.82, 2.24) is 9.55 Å². The van der Waals surface area contributed by atoms with Crippen molar-refractivity contribution in [1.29, 1.82) is 0 Å². The summed E-state index contributed by atoms with van der Waals surface area (Å²) < 4.78 is 8.10. The molecule has 1 aliphatic rings. The van der Waals surface area contributed by atoms with E-state index < -0.39 is 0 Å². The van der Waals surface area contributed by atoms with Gasteiger partial charge in [-0.2, -0.15) is 0 Å². The third-order valence-electron chi connectivity index (χ3n) is 1.98. The van der Waals surface area contributed by atoms with E-state index in [0.29, 0.717) is 6.04 Å². The minimum Gasteiger partial charge on any atom is -0.379 e. The summed E-state index contributed by atoms with van der Waals surface area (Å²) in [6.45, 7) is 1.66. The molecule has 4 heteroatoms. The Labute approximate surface area is 70.0 Å². The lowest BCUT2D eigenvalue weighted by atomic mass is 10.3. The zero-order valence-electron chi connectivity index (χ0n) is 6.12. The predicted octanol–water partition coefficient (Wildman–Crippen LogP) is 1.51. The predicted molar refractivity (Wildman–Crippen MR) is 44.1 cm³/mol. The molecule has 0 saturated carbocycles. The van der Waals surface area contributed by atoms with Crippen molar-refractivity contribution in [3.05, 3.63) is 17.2 Å². The van der Waals surface area contributed by atoms with E-state index in [0.717, 1.165) is 24.4 Å². The van der Waals surface area contributed by atoms with Gasteiger partial charge < -0.3 is 14.3 Å². The second kappa shape index (κ2) is 2.79. The van der Waals surface area contributed by atoms with Gasteiger partial charge in [0.15, 0.2) is 4.77 Å². The number of hydrogen-bond acceptors (Lipinski definition) is 2. The van der Waals surface area contributed by atoms with Crippen molar-refractivity contribution in [2.45, 2.75) is 12.5 Å². The third-order valence-corrected chi connectivity index (χ3v) is 2.30. The van der Waals surface area contributed by atoms with Gasteiger partial charge in [0.2, 0.25) is 0 Å². The summed E-state index contributed by atoms with van der Waals surface area (Å²) in [6, 6.07) is 0.453. The second-order valence-electron chi connectivity index (χ2n) is 2.69. The normalized spacial score (nSPS) is 24.2. The standard InChI is InChI=1S/C7H10N2OS/c11-7-8-2-3-9(7)6-1-4-10-5-6/h2-3,6H,1,4-5H2,(H,8,11). The van der Waals surface area contributed by atoms with Crippen molar-refractivity contribution in [2.75, 3.05) is 13.2 Å². The molecule has 1 atom stereocenters. The van der Waals surface area contributed by atoms with Crippen LogP contribution in [-0.2, 0) is 4.74 Å². The van der Waals surface area contributed by atoms with Gasteiger partial charge in [0.25, 0.3) is 0 Å². The zero-order chi connectivity index (χ0) is 7.68. The van der Waals surface area contributed by atoms with Crippen LogP contribution in [0.15, 0.2) is 12.4 Å². The van der Waals surface area contributed by atoms with Crippen LogP contribution in [0.4, 0.5) is 0 Å². The van der Waals surface area contributed by atoms with Crippen LogP contribution in [0.25, 0.3) is 0 Å². The molecule has 2 rings (SSSR count). The topological polar surface area (TPSA) is 29.9 Å². The Morgan fingerprint density at radius 1 is 1.73 bits per heavy atom. The summed E-state index contributed by atoms with van der Waals surface area (Å²) in [5.41, 5.74) is 0. The highest BCUT2D eigenvalue weighted by atomic mass is 32.1. The number of rotatable bonds is 1. The molecule has 1 aromatic rings. The highest BCUT2D eigenvalue weighted by Gasteiger charge is 2.16. The average molecular weight is 170 g/mol. The maximum atomic E-state index is 5.25. The number of nitrogens with zero attached hydrogens (tertiary/aromatic N) is 1. The molecule has 1 saturated heterocycles. The summed E-state index contributed by atoms with van der Waals surface area (Å²) in [5.74, 6) is 0. The Hall–Kier alpha value is -0.610. The summed E-state index contributed by atoms with van der Waals surface area (Å²) in [4.78, 5) is 2.97. The van der Waals surface area contributed by atoms with E-state index in [1.165, 1.54) is 0 Å². The van der Waals surface area contributed by atoms with Crippen LogP contribution in [0.3, 0.4) is 0 Å². The van der Waals surface area contributed by atoms with Gasteiger partial charge in [0.05, 0.1) is 12.6 Å². The summed E-state index contributed by atoms with van der Waals surface area (Å²) in [5, 5.41) is 0. The number of imidazole rings is 1. The van der Waals surface area contributed by atoms with Crippen LogP contribution in [-0.4, -0.2) is 22.8 Å². The highest BCUT2D eigenvalue weighted by molar-refractivity contribution is 7.71. The first-order chi connectivity index (χ1) is 5.38. The fourth-order valence-electron chi connectivity index (χ4n) is 1.36. The molecule has 1 fully saturated rings. The van der Waals surface area contributed by atoms with E-state index >= 15 is 0 Å². The molecule has 60 valence electrons. The van der Waals surface area contributed by atoms with E-state index in [2.05, 4.69) is 9.55 Å². The molecule has 3 nitrogen and oxygen atoms in total. The lowest BCUT2D eigenvalue weighted by Gasteiger charge is -2.07. The van der Waals surface area contributed by atoms with Crippen molar-refractivity contribution >= 4 is 12.2 Å². The monoisotopic (exact) mass is 170 g/mol. The SMILES string of the molecule is S=c1[nH]ccn1C1CCOC1. The van der Waals surface area contributed by atoms with E-state index in [1.807, 2.05) is 12.4 Å². The number of H-pyrrole nitrogens is 1. The lowest BCUT2D eigenvalue weighted by molar-refractivity contribution is 0.186. The van der Waals surface area contributed by atoms with E-state index in [-0.39, 0.29) is 0 Å². The number of ether oxygens (including phenoxy) is 1. The molecule has 2 heterocycles. The first-order valence-electron chi connectivity index (χ1n) is 3.71. The minimum absolute atomic E-state index is 0.453. The van der Waals surface area contributed by atoms with Crippen molar-refractivity contribution in [3.63, 3.8) is 0 Å². The van der Waals surface area contributed by atoms with Gasteiger partial charge in [-0.15, -0.1) is 0 Å². The molecule has 0 aliphatic carbocycles. The fourth-order valence-corrected chi connectivity index (χ4v) is 1.64. The van der Waals surface area contributed by atoms with Crippen molar-refractivity contribution in [2.24, 2.45) is 0 Å². The van der Waals surface area contributed by atoms with E-state index in [1.54, 1.807) is 0 Å². The molecule has 1 N–H and O–H groups in total. The minimum atomic E-state index is 0.453. The van der Waals surface area contributed by atoms with Crippen LogP contribution >= 0.6 is 12.2 Å². The summed E-state index contributed by atoms with van der Waals surface area (Å²) in [6.07, 6.45) is 4.91. The van der Waals surface area contributed by atoms with Crippen LogP contribution < -0.4 is 0 Å². The van der Waals surface area contributed by atoms with E-state index in [9.17, 15) is 0 Å². The number of nitrogens with one attached hydrogen (secondary N) is 1. The Kier molecular flexibility index (Phi) is 1.79. The van der Waals surface area contributed by atoms with Crippen LogP contribution in [0.2, 0.25) is 0 Å². The molecule has 1 aromatic heterocycles. The third kappa shape index (κ3) is 1.23. The molecule has 1 unspecified atom stereocenters. The number of aromatic nitrogens is 2. The van der Waals surface area contributed by atoms with Gasteiger partial charge in [0, 0.05) is 19.0 Å². The fraction of sp³-hybridized carbons (Fsp3) is 0.571. The van der Waals surface area contributed by atoms with Crippen LogP contribution in [0.5, 0.6) is 0 Å². The lowest BCUT2D eigenvalue weighted by Crippen LogP contribution is -2.06. The first kappa shape index (κ1) is 7.06. The molecule has 0 bridgehead atoms. The van der Waals surface area contributed by atoms with Crippen LogP contribution in [0, 0.1) is 4.77 Å². The average Bonchev–Trinajstić information content (AvgIpc) is 2.55. The smallest absolute Gasteiger partial charge is 0.177 e. The largest absolute Gasteiger partial charge is 0.379 e. The van der Waals surface area contributed by atoms with Gasteiger partial charge in [-0.05, 0) is 18.6 Å². The van der Waals surface area contributed by atoms with Crippen molar-refractivity contribution in [3.8, 4) is 0 Å². The molecule has 11 heavy (non-hydrogen) atoms. The van der Waals surface area contributed by atoms with Gasteiger partial charge in [-0.1, -0.05) is 0 Å². The molecular weight excluding hydrogens is 160 g/mol. The molecular formula is C7H10N2OS. The zero-order valence-corrected chi connectivity index (χ0v) is 6.93. The quantitative estimate of drug-likeness (QED) is 0.647. The Morgan fingerprint density at radius 3 is 3.18 bits per heavy atom. The molecule has 0 spiro atoms. The van der Waals surface area contributed by atoms with Crippen molar-refractivity contribution < 1.29 is 4.74 Å². The second-order valence-corrected chi connectivity index (χ2v) is 3.08. The molecule has 0 amide bonds. The number of aromatic amines is 1. The molecule has 1 aliphatic heterocycles. The maximum absolute atomic E-state index is 5.25. The van der Waals surface area contributed by atoms with E-state index in [4.69, 9.17) is 17.0 Å². The van der Waals surface area contributed by atoms with Gasteiger partial charge in [-0.3, -0.25) is 0 Å². The first-order valence-corrected chi connectivity index (χ1v) is 4.12. The molecule has 0 aromatic carbocycles. The highest BCUT2D eigenvalue weighted by Crippen LogP contribution is 2.18.